The Morgan fingerprint density at radius 3 is 2.71 bits per heavy atom. The minimum Gasteiger partial charge on any atom is -0.296 e. The van der Waals surface area contributed by atoms with Gasteiger partial charge in [-0.2, -0.15) is 0 Å². The van der Waals surface area contributed by atoms with E-state index in [1.807, 2.05) is 0 Å². The van der Waals surface area contributed by atoms with Crippen LogP contribution in [0, 0.1) is 15.9 Å². The number of aromatic nitrogens is 2. The molecule has 0 saturated carbocycles. The van der Waals surface area contributed by atoms with Crippen LogP contribution in [-0.2, 0) is 0 Å². The highest BCUT2D eigenvalue weighted by Crippen LogP contribution is 2.28. The summed E-state index contributed by atoms with van der Waals surface area (Å²) >= 11 is 1.06. The number of amides is 1. The molecule has 0 spiro atoms. The van der Waals surface area contributed by atoms with Crippen LogP contribution >= 0.6 is 11.3 Å². The molecule has 120 valence electrons. The van der Waals surface area contributed by atoms with Gasteiger partial charge < -0.3 is 0 Å². The first-order valence-electron chi connectivity index (χ1n) is 6.68. The molecule has 9 heteroatoms. The minimum absolute atomic E-state index is 0.0620. The number of nitro groups is 1. The number of hydrogen-bond acceptors (Lipinski definition) is 6. The molecule has 1 amide bonds. The van der Waals surface area contributed by atoms with Gasteiger partial charge in [-0.15, -0.1) is 10.2 Å². The normalized spacial score (nSPS) is 10.4. The van der Waals surface area contributed by atoms with Crippen LogP contribution in [0.15, 0.2) is 48.5 Å². The monoisotopic (exact) mass is 344 g/mol. The summed E-state index contributed by atoms with van der Waals surface area (Å²) in [4.78, 5) is 22.3. The Morgan fingerprint density at radius 2 is 1.96 bits per heavy atom. The number of halogens is 1. The van der Waals surface area contributed by atoms with Crippen molar-refractivity contribution >= 4 is 28.1 Å². The summed E-state index contributed by atoms with van der Waals surface area (Å²) in [6.07, 6.45) is 0. The highest BCUT2D eigenvalue weighted by molar-refractivity contribution is 7.18. The van der Waals surface area contributed by atoms with E-state index in [4.69, 9.17) is 0 Å². The SMILES string of the molecule is O=C(Nc1nnc(-c2cccc([N+](=O)[O-])c2)s1)c1cccc(F)c1. The number of anilines is 1. The summed E-state index contributed by atoms with van der Waals surface area (Å²) in [5.41, 5.74) is 0.614. The minimum atomic E-state index is -0.517. The van der Waals surface area contributed by atoms with Crippen molar-refractivity contribution in [2.24, 2.45) is 0 Å². The Morgan fingerprint density at radius 1 is 1.17 bits per heavy atom. The van der Waals surface area contributed by atoms with Crippen LogP contribution in [0.25, 0.3) is 10.6 Å². The standard InChI is InChI=1S/C15H9FN4O3S/c16-11-5-1-3-9(7-11)13(21)17-15-19-18-14(24-15)10-4-2-6-12(8-10)20(22)23/h1-8H,(H,17,19,21). The maximum Gasteiger partial charge on any atom is 0.270 e. The third-order valence-corrected chi connectivity index (χ3v) is 3.92. The lowest BCUT2D eigenvalue weighted by Gasteiger charge is -2.00. The van der Waals surface area contributed by atoms with Gasteiger partial charge in [-0.1, -0.05) is 29.5 Å². The largest absolute Gasteiger partial charge is 0.296 e. The molecule has 0 atom stereocenters. The number of carbonyl (C=O) groups is 1. The zero-order valence-corrected chi connectivity index (χ0v) is 12.8. The first-order valence-corrected chi connectivity index (χ1v) is 7.50. The molecule has 0 fully saturated rings. The second kappa shape index (κ2) is 6.50. The molecule has 1 N–H and O–H groups in total. The van der Waals surface area contributed by atoms with Crippen LogP contribution in [0.4, 0.5) is 15.2 Å². The van der Waals surface area contributed by atoms with E-state index in [0.717, 1.165) is 17.4 Å². The summed E-state index contributed by atoms with van der Waals surface area (Å²) < 4.78 is 13.1. The van der Waals surface area contributed by atoms with Crippen molar-refractivity contribution in [3.63, 3.8) is 0 Å². The van der Waals surface area contributed by atoms with Crippen LogP contribution in [0.5, 0.6) is 0 Å². The van der Waals surface area contributed by atoms with Gasteiger partial charge in [0.1, 0.15) is 10.8 Å². The molecule has 3 rings (SSSR count). The van der Waals surface area contributed by atoms with E-state index in [-0.39, 0.29) is 16.4 Å². The maximum absolute atomic E-state index is 13.1. The van der Waals surface area contributed by atoms with Crippen LogP contribution < -0.4 is 5.32 Å². The van der Waals surface area contributed by atoms with Gasteiger partial charge >= 0.3 is 0 Å². The average molecular weight is 344 g/mol. The molecule has 0 aliphatic rings. The van der Waals surface area contributed by atoms with Gasteiger partial charge in [0.25, 0.3) is 11.6 Å². The van der Waals surface area contributed by atoms with Crippen molar-refractivity contribution in [1.29, 1.82) is 0 Å². The smallest absolute Gasteiger partial charge is 0.270 e. The number of benzene rings is 2. The van der Waals surface area contributed by atoms with E-state index >= 15 is 0 Å². The number of carbonyl (C=O) groups excluding carboxylic acids is 1. The molecular weight excluding hydrogens is 335 g/mol. The average Bonchev–Trinajstić information content (AvgIpc) is 3.03. The first-order chi connectivity index (χ1) is 11.5. The lowest BCUT2D eigenvalue weighted by molar-refractivity contribution is -0.384. The van der Waals surface area contributed by atoms with Crippen LogP contribution in [-0.4, -0.2) is 21.0 Å². The number of nitrogens with one attached hydrogen (secondary N) is 1. The van der Waals surface area contributed by atoms with Gasteiger partial charge in [-0.25, -0.2) is 4.39 Å². The Bertz CT molecular complexity index is 928. The molecule has 24 heavy (non-hydrogen) atoms. The van der Waals surface area contributed by atoms with Gasteiger partial charge in [-0.3, -0.25) is 20.2 Å². The molecular formula is C15H9FN4O3S. The van der Waals surface area contributed by atoms with Gasteiger partial charge in [-0.05, 0) is 18.2 Å². The molecule has 0 aliphatic carbocycles. The summed E-state index contributed by atoms with van der Waals surface area (Å²) in [6, 6.07) is 11.2. The zero-order chi connectivity index (χ0) is 17.1. The molecule has 2 aromatic carbocycles. The Balaban J connectivity index is 1.80. The van der Waals surface area contributed by atoms with E-state index in [1.165, 1.54) is 30.3 Å². The fourth-order valence-corrected chi connectivity index (χ4v) is 2.68. The Hall–Kier alpha value is -3.20. The third kappa shape index (κ3) is 3.41. The van der Waals surface area contributed by atoms with Crippen LogP contribution in [0.2, 0.25) is 0 Å². The molecule has 1 heterocycles. The second-order valence-electron chi connectivity index (χ2n) is 4.68. The van der Waals surface area contributed by atoms with Crippen molar-refractivity contribution in [3.8, 4) is 10.6 Å². The number of nitro benzene ring substituents is 1. The van der Waals surface area contributed by atoms with E-state index in [9.17, 15) is 19.3 Å². The molecule has 0 aliphatic heterocycles. The van der Waals surface area contributed by atoms with Gasteiger partial charge in [0.2, 0.25) is 5.13 Å². The topological polar surface area (TPSA) is 98.0 Å². The molecule has 0 unspecified atom stereocenters. The van der Waals surface area contributed by atoms with Gasteiger partial charge in [0.15, 0.2) is 0 Å². The van der Waals surface area contributed by atoms with Crippen molar-refractivity contribution < 1.29 is 14.1 Å². The first kappa shape index (κ1) is 15.7. The van der Waals surface area contributed by atoms with E-state index in [1.54, 1.807) is 12.1 Å². The van der Waals surface area contributed by atoms with E-state index in [2.05, 4.69) is 15.5 Å². The second-order valence-corrected chi connectivity index (χ2v) is 5.66. The summed E-state index contributed by atoms with van der Waals surface area (Å²) in [6.45, 7) is 0. The lowest BCUT2D eigenvalue weighted by atomic mass is 10.2. The number of rotatable bonds is 4. The van der Waals surface area contributed by atoms with Crippen LogP contribution in [0.1, 0.15) is 10.4 Å². The third-order valence-electron chi connectivity index (χ3n) is 3.04. The Kier molecular flexibility index (Phi) is 4.25. The number of hydrogen-bond donors (Lipinski definition) is 1. The summed E-state index contributed by atoms with van der Waals surface area (Å²) in [5, 5.41) is 21.7. The quantitative estimate of drug-likeness (QED) is 0.577. The van der Waals surface area contributed by atoms with E-state index in [0.29, 0.717) is 10.6 Å². The van der Waals surface area contributed by atoms with Gasteiger partial charge in [0, 0.05) is 23.3 Å². The highest BCUT2D eigenvalue weighted by Gasteiger charge is 2.14. The number of non-ortho nitro benzene ring substituents is 1. The van der Waals surface area contributed by atoms with Crippen molar-refractivity contribution in [2.75, 3.05) is 5.32 Å². The highest BCUT2D eigenvalue weighted by atomic mass is 32.1. The number of nitrogens with zero attached hydrogens (tertiary/aromatic N) is 3. The van der Waals surface area contributed by atoms with Crippen molar-refractivity contribution in [2.45, 2.75) is 0 Å². The van der Waals surface area contributed by atoms with E-state index < -0.39 is 16.6 Å². The molecule has 7 nitrogen and oxygen atoms in total. The van der Waals surface area contributed by atoms with Crippen molar-refractivity contribution in [1.82, 2.24) is 10.2 Å². The Labute approximate surface area is 138 Å². The summed E-state index contributed by atoms with van der Waals surface area (Å²) in [5.74, 6) is -1.03. The van der Waals surface area contributed by atoms with Crippen LogP contribution in [0.3, 0.4) is 0 Å². The molecule has 0 radical (unpaired) electrons. The molecule has 3 aromatic rings. The zero-order valence-electron chi connectivity index (χ0n) is 12.0. The molecule has 0 saturated heterocycles. The van der Waals surface area contributed by atoms with Crippen molar-refractivity contribution in [3.05, 3.63) is 70.0 Å². The molecule has 0 bridgehead atoms. The predicted octanol–water partition coefficient (Wildman–Crippen LogP) is 3.50. The molecule has 1 aromatic heterocycles. The maximum atomic E-state index is 13.1. The fourth-order valence-electron chi connectivity index (χ4n) is 1.94. The predicted molar refractivity (Wildman–Crippen MR) is 86.4 cm³/mol. The van der Waals surface area contributed by atoms with Gasteiger partial charge in [0.05, 0.1) is 4.92 Å². The fraction of sp³-hybridized carbons (Fsp3) is 0. The summed E-state index contributed by atoms with van der Waals surface area (Å²) in [7, 11) is 0. The lowest BCUT2D eigenvalue weighted by Crippen LogP contribution is -2.11.